The van der Waals surface area contributed by atoms with E-state index >= 15 is 0 Å². The van der Waals surface area contributed by atoms with Crippen molar-refractivity contribution in [3.63, 3.8) is 0 Å². The van der Waals surface area contributed by atoms with Gasteiger partial charge in [0.05, 0.1) is 17.8 Å². The predicted molar refractivity (Wildman–Crippen MR) is 97.6 cm³/mol. The van der Waals surface area contributed by atoms with Crippen LogP contribution >= 0.6 is 11.6 Å². The standard InChI is InChI=1S/C17H22ClFN2O3S/c1-25(23,24)21(10-9-13-5-3-2-4-6-13)12-17(22)20-14-7-8-16(19)15(18)11-14/h5,7-8,11H,2-4,6,9-10,12H2,1H3,(H,20,22). The van der Waals surface area contributed by atoms with E-state index < -0.39 is 21.7 Å². The molecule has 1 aliphatic rings. The molecule has 138 valence electrons. The Morgan fingerprint density at radius 2 is 2.12 bits per heavy atom. The highest BCUT2D eigenvalue weighted by molar-refractivity contribution is 7.88. The van der Waals surface area contributed by atoms with Crippen LogP contribution in [-0.4, -0.2) is 38.0 Å². The summed E-state index contributed by atoms with van der Waals surface area (Å²) < 4.78 is 38.2. The fraction of sp³-hybridized carbons (Fsp3) is 0.471. The second kappa shape index (κ2) is 8.78. The minimum absolute atomic E-state index is 0.109. The number of anilines is 1. The molecule has 1 aliphatic carbocycles. The van der Waals surface area contributed by atoms with Crippen molar-refractivity contribution in [3.05, 3.63) is 40.7 Å². The van der Waals surface area contributed by atoms with Crippen LogP contribution in [0.15, 0.2) is 29.8 Å². The number of carbonyl (C=O) groups is 1. The predicted octanol–water partition coefficient (Wildman–Crippen LogP) is 3.57. The smallest absolute Gasteiger partial charge is 0.239 e. The van der Waals surface area contributed by atoms with Gasteiger partial charge in [0.25, 0.3) is 0 Å². The van der Waals surface area contributed by atoms with Crippen LogP contribution in [0, 0.1) is 5.82 Å². The van der Waals surface area contributed by atoms with Crippen molar-refractivity contribution in [2.45, 2.75) is 32.1 Å². The molecule has 1 amide bonds. The maximum Gasteiger partial charge on any atom is 0.239 e. The number of allylic oxidation sites excluding steroid dienone is 1. The van der Waals surface area contributed by atoms with E-state index in [0.717, 1.165) is 35.9 Å². The third kappa shape index (κ3) is 6.41. The van der Waals surface area contributed by atoms with E-state index in [1.54, 1.807) is 0 Å². The van der Waals surface area contributed by atoms with Gasteiger partial charge >= 0.3 is 0 Å². The van der Waals surface area contributed by atoms with Gasteiger partial charge < -0.3 is 5.32 Å². The number of carbonyl (C=O) groups excluding carboxylic acids is 1. The largest absolute Gasteiger partial charge is 0.325 e. The average Bonchev–Trinajstić information content (AvgIpc) is 2.55. The number of sulfonamides is 1. The zero-order valence-corrected chi connectivity index (χ0v) is 15.7. The quantitative estimate of drug-likeness (QED) is 0.726. The molecule has 0 atom stereocenters. The van der Waals surface area contributed by atoms with E-state index in [-0.39, 0.29) is 18.1 Å². The first kappa shape index (κ1) is 19.9. The Bertz CT molecular complexity index is 765. The van der Waals surface area contributed by atoms with Gasteiger partial charge in [-0.05, 0) is 50.3 Å². The van der Waals surface area contributed by atoms with E-state index in [1.807, 2.05) is 0 Å². The number of rotatable bonds is 7. The zero-order chi connectivity index (χ0) is 18.4. The maximum absolute atomic E-state index is 13.1. The summed E-state index contributed by atoms with van der Waals surface area (Å²) in [4.78, 5) is 12.1. The second-order valence-corrected chi connectivity index (χ2v) is 8.52. The topological polar surface area (TPSA) is 66.5 Å². The number of hydrogen-bond donors (Lipinski definition) is 1. The molecule has 0 bridgehead atoms. The monoisotopic (exact) mass is 388 g/mol. The van der Waals surface area contributed by atoms with Gasteiger partial charge in [-0.25, -0.2) is 12.8 Å². The van der Waals surface area contributed by atoms with Crippen molar-refractivity contribution in [2.75, 3.05) is 24.7 Å². The summed E-state index contributed by atoms with van der Waals surface area (Å²) in [6.07, 6.45) is 8.17. The van der Waals surface area contributed by atoms with Crippen molar-refractivity contribution in [2.24, 2.45) is 0 Å². The van der Waals surface area contributed by atoms with E-state index in [0.29, 0.717) is 12.1 Å². The summed E-state index contributed by atoms with van der Waals surface area (Å²) in [6, 6.07) is 3.80. The Balaban J connectivity index is 1.97. The Morgan fingerprint density at radius 3 is 2.72 bits per heavy atom. The fourth-order valence-electron chi connectivity index (χ4n) is 2.70. The Hall–Kier alpha value is -1.44. The molecule has 0 fully saturated rings. The van der Waals surface area contributed by atoms with E-state index in [4.69, 9.17) is 11.6 Å². The molecule has 0 heterocycles. The van der Waals surface area contributed by atoms with Crippen LogP contribution in [0.5, 0.6) is 0 Å². The minimum atomic E-state index is -3.51. The van der Waals surface area contributed by atoms with E-state index in [2.05, 4.69) is 11.4 Å². The van der Waals surface area contributed by atoms with E-state index in [9.17, 15) is 17.6 Å². The second-order valence-electron chi connectivity index (χ2n) is 6.13. The molecule has 0 radical (unpaired) electrons. The van der Waals surface area contributed by atoms with Crippen molar-refractivity contribution < 1.29 is 17.6 Å². The highest BCUT2D eigenvalue weighted by atomic mass is 35.5. The van der Waals surface area contributed by atoms with Crippen LogP contribution in [-0.2, 0) is 14.8 Å². The molecule has 0 aliphatic heterocycles. The molecule has 1 aromatic carbocycles. The Kier molecular flexibility index (Phi) is 6.98. The van der Waals surface area contributed by atoms with Gasteiger partial charge in [-0.3, -0.25) is 4.79 Å². The molecule has 0 spiro atoms. The van der Waals surface area contributed by atoms with Crippen LogP contribution < -0.4 is 5.32 Å². The molecular weight excluding hydrogens is 367 g/mol. The number of amides is 1. The zero-order valence-electron chi connectivity index (χ0n) is 14.1. The minimum Gasteiger partial charge on any atom is -0.325 e. The van der Waals surface area contributed by atoms with Crippen LogP contribution in [0.2, 0.25) is 5.02 Å². The lowest BCUT2D eigenvalue weighted by Crippen LogP contribution is -2.38. The molecular formula is C17H22ClFN2O3S. The third-order valence-electron chi connectivity index (χ3n) is 4.06. The molecule has 2 rings (SSSR count). The van der Waals surface area contributed by atoms with Gasteiger partial charge in [-0.2, -0.15) is 4.31 Å². The molecule has 0 aromatic heterocycles. The lowest BCUT2D eigenvalue weighted by molar-refractivity contribution is -0.116. The summed E-state index contributed by atoms with van der Waals surface area (Å²) in [6.45, 7) is -0.0244. The van der Waals surface area contributed by atoms with Crippen molar-refractivity contribution in [3.8, 4) is 0 Å². The third-order valence-corrected chi connectivity index (χ3v) is 5.60. The fourth-order valence-corrected chi connectivity index (χ4v) is 3.65. The number of nitrogens with one attached hydrogen (secondary N) is 1. The first-order valence-corrected chi connectivity index (χ1v) is 10.4. The molecule has 8 heteroatoms. The Morgan fingerprint density at radius 1 is 1.36 bits per heavy atom. The summed E-state index contributed by atoms with van der Waals surface area (Å²) in [5, 5.41) is 2.43. The van der Waals surface area contributed by atoms with Gasteiger partial charge in [0, 0.05) is 12.2 Å². The molecule has 5 nitrogen and oxygen atoms in total. The summed E-state index contributed by atoms with van der Waals surface area (Å²) >= 11 is 5.67. The van der Waals surface area contributed by atoms with Crippen LogP contribution in [0.25, 0.3) is 0 Å². The summed E-state index contributed by atoms with van der Waals surface area (Å²) in [5.74, 6) is -1.08. The molecule has 1 aromatic rings. The van der Waals surface area contributed by atoms with Gasteiger partial charge in [0.1, 0.15) is 5.82 Å². The van der Waals surface area contributed by atoms with Crippen LogP contribution in [0.4, 0.5) is 10.1 Å². The molecule has 1 N–H and O–H groups in total. The molecule has 0 unspecified atom stereocenters. The lowest BCUT2D eigenvalue weighted by atomic mass is 9.97. The van der Waals surface area contributed by atoms with Gasteiger partial charge in [0.15, 0.2) is 0 Å². The van der Waals surface area contributed by atoms with Gasteiger partial charge in [0.2, 0.25) is 15.9 Å². The molecule has 25 heavy (non-hydrogen) atoms. The highest BCUT2D eigenvalue weighted by Crippen LogP contribution is 2.21. The first-order valence-electron chi connectivity index (χ1n) is 8.13. The van der Waals surface area contributed by atoms with Crippen LogP contribution in [0.1, 0.15) is 32.1 Å². The number of halogens is 2. The van der Waals surface area contributed by atoms with Crippen molar-refractivity contribution >= 4 is 33.2 Å². The normalized spacial score (nSPS) is 15.1. The van der Waals surface area contributed by atoms with Crippen molar-refractivity contribution in [1.82, 2.24) is 4.31 Å². The molecule has 0 saturated heterocycles. The lowest BCUT2D eigenvalue weighted by Gasteiger charge is -2.21. The highest BCUT2D eigenvalue weighted by Gasteiger charge is 2.21. The average molecular weight is 389 g/mol. The summed E-state index contributed by atoms with van der Waals surface area (Å²) in [7, 11) is -3.51. The summed E-state index contributed by atoms with van der Waals surface area (Å²) in [5.41, 5.74) is 1.56. The molecule has 0 saturated carbocycles. The number of benzene rings is 1. The number of nitrogens with zero attached hydrogens (tertiary/aromatic N) is 1. The SMILES string of the molecule is CS(=O)(=O)N(CCC1=CCCCC1)CC(=O)Nc1ccc(F)c(Cl)c1. The first-order chi connectivity index (χ1) is 11.8. The maximum atomic E-state index is 13.1. The Labute approximate surface area is 152 Å². The van der Waals surface area contributed by atoms with Gasteiger partial charge in [-0.1, -0.05) is 23.3 Å². The number of hydrogen-bond acceptors (Lipinski definition) is 3. The van der Waals surface area contributed by atoms with E-state index in [1.165, 1.54) is 24.1 Å². The van der Waals surface area contributed by atoms with Gasteiger partial charge in [-0.15, -0.1) is 0 Å². The van der Waals surface area contributed by atoms with Crippen LogP contribution in [0.3, 0.4) is 0 Å². The van der Waals surface area contributed by atoms with Crippen molar-refractivity contribution in [1.29, 1.82) is 0 Å².